The predicted molar refractivity (Wildman–Crippen MR) is 93.4 cm³/mol. The van der Waals surface area contributed by atoms with Crippen LogP contribution in [0.15, 0.2) is 24.3 Å². The first-order valence-corrected chi connectivity index (χ1v) is 8.96. The lowest BCUT2D eigenvalue weighted by Gasteiger charge is -2.28. The molecule has 0 radical (unpaired) electrons. The molecule has 3 rings (SSSR count). The molecular formula is C19H28N2O3. The SMILES string of the molecule is COc1ccc(OC(C)CNC(=O)CC2CC3CCC(C2)N3)cc1. The molecule has 2 aliphatic rings. The highest BCUT2D eigenvalue weighted by molar-refractivity contribution is 5.76. The van der Waals surface area contributed by atoms with Crippen molar-refractivity contribution in [1.82, 2.24) is 10.6 Å². The summed E-state index contributed by atoms with van der Waals surface area (Å²) in [7, 11) is 1.64. The zero-order valence-corrected chi connectivity index (χ0v) is 14.6. The summed E-state index contributed by atoms with van der Waals surface area (Å²) in [4.78, 5) is 12.2. The van der Waals surface area contributed by atoms with E-state index in [1.807, 2.05) is 31.2 Å². The third-order valence-electron chi connectivity index (χ3n) is 5.03. The molecule has 24 heavy (non-hydrogen) atoms. The summed E-state index contributed by atoms with van der Waals surface area (Å²) >= 11 is 0. The van der Waals surface area contributed by atoms with Crippen molar-refractivity contribution >= 4 is 5.91 Å². The van der Waals surface area contributed by atoms with E-state index in [1.165, 1.54) is 12.8 Å². The molecule has 1 aromatic rings. The number of hydrogen-bond acceptors (Lipinski definition) is 4. The van der Waals surface area contributed by atoms with Crippen molar-refractivity contribution in [1.29, 1.82) is 0 Å². The van der Waals surface area contributed by atoms with Crippen LogP contribution in [0.1, 0.15) is 39.0 Å². The van der Waals surface area contributed by atoms with Crippen LogP contribution in [0, 0.1) is 5.92 Å². The van der Waals surface area contributed by atoms with Crippen LogP contribution < -0.4 is 20.1 Å². The van der Waals surface area contributed by atoms with Crippen LogP contribution in [-0.2, 0) is 4.79 Å². The van der Waals surface area contributed by atoms with E-state index in [4.69, 9.17) is 9.47 Å². The Labute approximate surface area is 144 Å². The van der Waals surface area contributed by atoms with E-state index in [9.17, 15) is 4.79 Å². The lowest BCUT2D eigenvalue weighted by Crippen LogP contribution is -2.40. The highest BCUT2D eigenvalue weighted by atomic mass is 16.5. The third kappa shape index (κ3) is 4.63. The Hall–Kier alpha value is -1.75. The predicted octanol–water partition coefficient (Wildman–Crippen LogP) is 2.50. The molecule has 132 valence electrons. The fourth-order valence-corrected chi connectivity index (χ4v) is 3.86. The number of hydrogen-bond donors (Lipinski definition) is 2. The van der Waals surface area contributed by atoms with Gasteiger partial charge in [-0.2, -0.15) is 0 Å². The zero-order valence-electron chi connectivity index (χ0n) is 14.6. The van der Waals surface area contributed by atoms with E-state index < -0.39 is 0 Å². The van der Waals surface area contributed by atoms with Gasteiger partial charge in [-0.1, -0.05) is 0 Å². The first kappa shape index (κ1) is 17.1. The molecule has 1 aromatic carbocycles. The number of methoxy groups -OCH3 is 1. The second-order valence-electron chi connectivity index (χ2n) is 7.09. The molecule has 0 aromatic heterocycles. The number of benzene rings is 1. The van der Waals surface area contributed by atoms with Gasteiger partial charge in [0.05, 0.1) is 13.7 Å². The average molecular weight is 332 g/mol. The van der Waals surface area contributed by atoms with Gasteiger partial charge in [0.1, 0.15) is 17.6 Å². The van der Waals surface area contributed by atoms with Crippen molar-refractivity contribution in [2.45, 2.75) is 57.2 Å². The fraction of sp³-hybridized carbons (Fsp3) is 0.632. The molecule has 2 aliphatic heterocycles. The molecule has 2 fully saturated rings. The Bertz CT molecular complexity index is 534. The fourth-order valence-electron chi connectivity index (χ4n) is 3.86. The van der Waals surface area contributed by atoms with Gasteiger partial charge in [-0.3, -0.25) is 4.79 Å². The monoisotopic (exact) mass is 332 g/mol. The molecule has 0 spiro atoms. The van der Waals surface area contributed by atoms with Gasteiger partial charge in [0.15, 0.2) is 0 Å². The summed E-state index contributed by atoms with van der Waals surface area (Å²) < 4.78 is 10.9. The van der Waals surface area contributed by atoms with E-state index >= 15 is 0 Å². The van der Waals surface area contributed by atoms with Crippen LogP contribution in [-0.4, -0.2) is 37.7 Å². The van der Waals surface area contributed by atoms with Gasteiger partial charge in [0.25, 0.3) is 0 Å². The van der Waals surface area contributed by atoms with E-state index in [0.29, 0.717) is 31.0 Å². The molecular weight excluding hydrogens is 304 g/mol. The molecule has 2 bridgehead atoms. The van der Waals surface area contributed by atoms with Gasteiger partial charge in [0.2, 0.25) is 5.91 Å². The van der Waals surface area contributed by atoms with Crippen LogP contribution in [0.3, 0.4) is 0 Å². The number of nitrogens with one attached hydrogen (secondary N) is 2. The molecule has 3 unspecified atom stereocenters. The maximum absolute atomic E-state index is 12.2. The smallest absolute Gasteiger partial charge is 0.220 e. The minimum atomic E-state index is -0.0634. The summed E-state index contributed by atoms with van der Waals surface area (Å²) in [6, 6.07) is 8.76. The topological polar surface area (TPSA) is 59.6 Å². The number of fused-ring (bicyclic) bond motifs is 2. The van der Waals surface area contributed by atoms with Gasteiger partial charge in [-0.25, -0.2) is 0 Å². The number of carbonyl (C=O) groups excluding carboxylic acids is 1. The molecule has 3 atom stereocenters. The highest BCUT2D eigenvalue weighted by Crippen LogP contribution is 2.32. The molecule has 2 saturated heterocycles. The van der Waals surface area contributed by atoms with E-state index in [2.05, 4.69) is 10.6 Å². The van der Waals surface area contributed by atoms with E-state index in [-0.39, 0.29) is 12.0 Å². The summed E-state index contributed by atoms with van der Waals surface area (Å²) in [5.74, 6) is 2.26. The Morgan fingerprint density at radius 2 is 1.83 bits per heavy atom. The maximum atomic E-state index is 12.2. The number of amides is 1. The average Bonchev–Trinajstić information content (AvgIpc) is 2.92. The molecule has 1 amide bonds. The van der Waals surface area contributed by atoms with Gasteiger partial charge in [0, 0.05) is 18.5 Å². The summed E-state index contributed by atoms with van der Waals surface area (Å²) in [6.07, 6.45) is 5.41. The Morgan fingerprint density at radius 3 is 2.46 bits per heavy atom. The van der Waals surface area contributed by atoms with Crippen molar-refractivity contribution in [2.24, 2.45) is 5.92 Å². The van der Waals surface area contributed by atoms with E-state index in [0.717, 1.165) is 24.3 Å². The molecule has 5 heteroatoms. The zero-order chi connectivity index (χ0) is 16.9. The highest BCUT2D eigenvalue weighted by Gasteiger charge is 2.34. The van der Waals surface area contributed by atoms with Crippen molar-refractivity contribution in [3.05, 3.63) is 24.3 Å². The molecule has 5 nitrogen and oxygen atoms in total. The quantitative estimate of drug-likeness (QED) is 0.805. The molecule has 2 N–H and O–H groups in total. The van der Waals surface area contributed by atoms with Crippen molar-refractivity contribution in [3.8, 4) is 11.5 Å². The maximum Gasteiger partial charge on any atom is 0.220 e. The summed E-state index contributed by atoms with van der Waals surface area (Å²) in [5.41, 5.74) is 0. The van der Waals surface area contributed by atoms with Crippen LogP contribution in [0.2, 0.25) is 0 Å². The first-order valence-electron chi connectivity index (χ1n) is 8.96. The third-order valence-corrected chi connectivity index (χ3v) is 5.03. The van der Waals surface area contributed by atoms with Gasteiger partial charge >= 0.3 is 0 Å². The summed E-state index contributed by atoms with van der Waals surface area (Å²) in [6.45, 7) is 2.50. The number of piperidine rings is 1. The second-order valence-corrected chi connectivity index (χ2v) is 7.09. The lowest BCUT2D eigenvalue weighted by molar-refractivity contribution is -0.122. The van der Waals surface area contributed by atoms with Gasteiger partial charge in [-0.15, -0.1) is 0 Å². The standard InChI is InChI=1S/C19H28N2O3/c1-13(24-18-7-5-17(23-2)6-8-18)12-20-19(22)11-14-9-15-3-4-16(10-14)21-15/h5-8,13-16,21H,3-4,9-12H2,1-2H3,(H,20,22). The van der Waals surface area contributed by atoms with Gasteiger partial charge in [-0.05, 0) is 62.8 Å². The molecule has 0 saturated carbocycles. The van der Waals surface area contributed by atoms with Crippen LogP contribution in [0.25, 0.3) is 0 Å². The Morgan fingerprint density at radius 1 is 1.21 bits per heavy atom. The van der Waals surface area contributed by atoms with E-state index in [1.54, 1.807) is 7.11 Å². The summed E-state index contributed by atoms with van der Waals surface area (Å²) in [5, 5.41) is 6.63. The Kier molecular flexibility index (Phi) is 5.61. The van der Waals surface area contributed by atoms with Crippen molar-refractivity contribution in [2.75, 3.05) is 13.7 Å². The number of carbonyl (C=O) groups is 1. The largest absolute Gasteiger partial charge is 0.497 e. The minimum absolute atomic E-state index is 0.0634. The minimum Gasteiger partial charge on any atom is -0.497 e. The van der Waals surface area contributed by atoms with Gasteiger partial charge < -0.3 is 20.1 Å². The number of rotatable bonds is 7. The lowest BCUT2D eigenvalue weighted by atomic mass is 9.89. The second kappa shape index (κ2) is 7.88. The normalized spacial score (nSPS) is 26.7. The Balaban J connectivity index is 1.37. The first-order chi connectivity index (χ1) is 11.6. The van der Waals surface area contributed by atoms with Crippen LogP contribution >= 0.6 is 0 Å². The van der Waals surface area contributed by atoms with Crippen LogP contribution in [0.5, 0.6) is 11.5 Å². The van der Waals surface area contributed by atoms with Crippen molar-refractivity contribution < 1.29 is 14.3 Å². The molecule has 2 heterocycles. The van der Waals surface area contributed by atoms with Crippen molar-refractivity contribution in [3.63, 3.8) is 0 Å². The molecule has 0 aliphatic carbocycles. The van der Waals surface area contributed by atoms with Crippen LogP contribution in [0.4, 0.5) is 0 Å². The number of ether oxygens (including phenoxy) is 2.